The molecule has 0 unspecified atom stereocenters. The van der Waals surface area contributed by atoms with Crippen LogP contribution in [-0.2, 0) is 4.79 Å². The van der Waals surface area contributed by atoms with Gasteiger partial charge in [-0.3, -0.25) is 4.79 Å². The fraction of sp³-hybridized carbons (Fsp3) is 0.357. The van der Waals surface area contributed by atoms with E-state index in [1.807, 2.05) is 0 Å². The van der Waals surface area contributed by atoms with Crippen LogP contribution in [0, 0.1) is 0 Å². The Morgan fingerprint density at radius 1 is 1.39 bits per heavy atom. The molecule has 0 radical (unpaired) electrons. The minimum absolute atomic E-state index is 0.163. The van der Waals surface area contributed by atoms with Gasteiger partial charge >= 0.3 is 6.03 Å². The van der Waals surface area contributed by atoms with Crippen molar-refractivity contribution in [1.82, 2.24) is 10.3 Å². The van der Waals surface area contributed by atoms with Crippen molar-refractivity contribution >= 4 is 29.8 Å². The summed E-state index contributed by atoms with van der Waals surface area (Å²) >= 11 is 6.17. The number of nitrogens with zero attached hydrogens (tertiary/aromatic N) is 2. The third kappa shape index (κ3) is 6.03. The van der Waals surface area contributed by atoms with Crippen LogP contribution in [0.5, 0.6) is 11.5 Å². The Labute approximate surface area is 139 Å². The van der Waals surface area contributed by atoms with Crippen molar-refractivity contribution in [2.75, 3.05) is 27.3 Å². The van der Waals surface area contributed by atoms with Crippen molar-refractivity contribution in [3.63, 3.8) is 0 Å². The van der Waals surface area contributed by atoms with E-state index in [2.05, 4.69) is 10.5 Å². The molecule has 3 amide bonds. The molecular formula is C14H19ClN4O4. The number of halogens is 1. The number of benzene rings is 1. The van der Waals surface area contributed by atoms with Gasteiger partial charge in [-0.05, 0) is 24.6 Å². The number of likely N-dealkylation sites (N-methyl/N-ethyl adjacent to an activating group) is 1. The van der Waals surface area contributed by atoms with E-state index in [0.29, 0.717) is 17.9 Å². The minimum atomic E-state index is -0.778. The zero-order chi connectivity index (χ0) is 17.4. The Kier molecular flexibility index (Phi) is 7.14. The summed E-state index contributed by atoms with van der Waals surface area (Å²) in [6.07, 6.45) is 1.36. The fourth-order valence-corrected chi connectivity index (χ4v) is 1.77. The second-order valence-corrected chi connectivity index (χ2v) is 4.98. The quantitative estimate of drug-likeness (QED) is 0.573. The maximum Gasteiger partial charge on any atom is 0.332 e. The van der Waals surface area contributed by atoms with Crippen molar-refractivity contribution in [1.29, 1.82) is 0 Å². The lowest BCUT2D eigenvalue weighted by Gasteiger charge is -2.16. The molecule has 23 heavy (non-hydrogen) atoms. The van der Waals surface area contributed by atoms with Gasteiger partial charge in [0.1, 0.15) is 0 Å². The average molecular weight is 343 g/mol. The molecule has 0 atom stereocenters. The second-order valence-electron chi connectivity index (χ2n) is 4.57. The molecule has 0 aliphatic carbocycles. The van der Waals surface area contributed by atoms with Crippen molar-refractivity contribution < 1.29 is 19.1 Å². The molecule has 0 bridgehead atoms. The number of amides is 3. The lowest BCUT2D eigenvalue weighted by atomic mass is 10.2. The first kappa shape index (κ1) is 18.6. The largest absolute Gasteiger partial charge is 0.490 e. The van der Waals surface area contributed by atoms with E-state index in [1.165, 1.54) is 11.1 Å². The minimum Gasteiger partial charge on any atom is -0.490 e. The number of hydrazone groups is 1. The van der Waals surface area contributed by atoms with Gasteiger partial charge in [0.05, 0.1) is 17.8 Å². The van der Waals surface area contributed by atoms with Crippen LogP contribution in [0.2, 0.25) is 5.02 Å². The monoisotopic (exact) mass is 342 g/mol. The zero-order valence-electron chi connectivity index (χ0n) is 13.1. The van der Waals surface area contributed by atoms with Gasteiger partial charge in [-0.15, -0.1) is 0 Å². The van der Waals surface area contributed by atoms with Crippen LogP contribution >= 0.6 is 11.6 Å². The van der Waals surface area contributed by atoms with Crippen LogP contribution in [0.4, 0.5) is 4.79 Å². The maximum absolute atomic E-state index is 11.6. The van der Waals surface area contributed by atoms with Crippen molar-refractivity contribution in [2.45, 2.75) is 6.92 Å². The lowest BCUT2D eigenvalue weighted by Crippen LogP contribution is -2.27. The number of urea groups is 1. The van der Waals surface area contributed by atoms with Gasteiger partial charge in [0, 0.05) is 14.1 Å². The van der Waals surface area contributed by atoms with E-state index in [4.69, 9.17) is 26.8 Å². The average Bonchev–Trinajstić information content (AvgIpc) is 2.45. The molecule has 1 aromatic carbocycles. The number of ether oxygens (including phenoxy) is 2. The normalized spacial score (nSPS) is 10.4. The SMILES string of the molecule is CCOc1cc(/C=N\NC(N)=O)cc(Cl)c1OCC(=O)N(C)C. The highest BCUT2D eigenvalue weighted by atomic mass is 35.5. The Morgan fingerprint density at radius 3 is 2.65 bits per heavy atom. The Hall–Kier alpha value is -2.48. The van der Waals surface area contributed by atoms with E-state index >= 15 is 0 Å². The summed E-state index contributed by atoms with van der Waals surface area (Å²) in [4.78, 5) is 23.6. The Bertz CT molecular complexity index is 605. The summed E-state index contributed by atoms with van der Waals surface area (Å²) in [5.74, 6) is 0.427. The molecule has 126 valence electrons. The van der Waals surface area contributed by atoms with E-state index in [0.717, 1.165) is 0 Å². The molecule has 0 fully saturated rings. The number of rotatable bonds is 7. The topological polar surface area (TPSA) is 106 Å². The fourth-order valence-electron chi connectivity index (χ4n) is 1.50. The van der Waals surface area contributed by atoms with Crippen LogP contribution < -0.4 is 20.6 Å². The summed E-state index contributed by atoms with van der Waals surface area (Å²) < 4.78 is 10.9. The number of nitrogens with two attached hydrogens (primary N) is 1. The first-order valence-electron chi connectivity index (χ1n) is 6.73. The summed E-state index contributed by atoms with van der Waals surface area (Å²) in [7, 11) is 3.25. The Balaban J connectivity index is 2.99. The molecule has 1 rings (SSSR count). The third-order valence-electron chi connectivity index (χ3n) is 2.56. The van der Waals surface area contributed by atoms with Crippen LogP contribution in [0.25, 0.3) is 0 Å². The summed E-state index contributed by atoms with van der Waals surface area (Å²) in [5.41, 5.74) is 7.55. The molecule has 0 spiro atoms. The van der Waals surface area contributed by atoms with Gasteiger partial charge in [-0.1, -0.05) is 11.6 Å². The van der Waals surface area contributed by atoms with E-state index in [9.17, 15) is 9.59 Å². The molecule has 0 saturated heterocycles. The number of hydrogen-bond donors (Lipinski definition) is 2. The molecular weight excluding hydrogens is 324 g/mol. The number of hydrogen-bond acceptors (Lipinski definition) is 5. The highest BCUT2D eigenvalue weighted by Crippen LogP contribution is 2.36. The van der Waals surface area contributed by atoms with E-state index < -0.39 is 6.03 Å². The number of carbonyl (C=O) groups is 2. The standard InChI is InChI=1S/C14H19ClN4O4/c1-4-22-11-6-9(7-17-18-14(16)21)5-10(15)13(11)23-8-12(20)19(2)3/h5-7H,4,8H2,1-3H3,(H3,16,18,21)/b17-7-. The first-order chi connectivity index (χ1) is 10.8. The molecule has 1 aromatic rings. The molecule has 8 nitrogen and oxygen atoms in total. The van der Waals surface area contributed by atoms with E-state index in [-0.39, 0.29) is 23.3 Å². The number of primary amides is 1. The van der Waals surface area contributed by atoms with Crippen molar-refractivity contribution in [3.05, 3.63) is 22.7 Å². The third-order valence-corrected chi connectivity index (χ3v) is 2.84. The smallest absolute Gasteiger partial charge is 0.332 e. The molecule has 0 saturated carbocycles. The molecule has 9 heteroatoms. The molecule has 0 heterocycles. The molecule has 0 aromatic heterocycles. The summed E-state index contributed by atoms with van der Waals surface area (Å²) in [6.45, 7) is 2.02. The van der Waals surface area contributed by atoms with Crippen LogP contribution in [0.3, 0.4) is 0 Å². The highest BCUT2D eigenvalue weighted by molar-refractivity contribution is 6.32. The number of carbonyl (C=O) groups excluding carboxylic acids is 2. The summed E-state index contributed by atoms with van der Waals surface area (Å²) in [5, 5.41) is 3.90. The maximum atomic E-state index is 11.6. The van der Waals surface area contributed by atoms with Gasteiger partial charge < -0.3 is 20.1 Å². The molecule has 3 N–H and O–H groups in total. The molecule has 0 aliphatic rings. The van der Waals surface area contributed by atoms with Crippen molar-refractivity contribution in [2.24, 2.45) is 10.8 Å². The number of nitrogens with one attached hydrogen (secondary N) is 1. The summed E-state index contributed by atoms with van der Waals surface area (Å²) in [6, 6.07) is 2.41. The van der Waals surface area contributed by atoms with Crippen molar-refractivity contribution in [3.8, 4) is 11.5 Å². The zero-order valence-corrected chi connectivity index (χ0v) is 13.9. The van der Waals surface area contributed by atoms with Crippen LogP contribution in [-0.4, -0.2) is 50.4 Å². The molecule has 0 aliphatic heterocycles. The van der Waals surface area contributed by atoms with Gasteiger partial charge in [-0.2, -0.15) is 5.10 Å². The van der Waals surface area contributed by atoms with E-state index in [1.54, 1.807) is 33.2 Å². The Morgan fingerprint density at radius 2 is 2.09 bits per heavy atom. The predicted molar refractivity (Wildman–Crippen MR) is 87.1 cm³/mol. The van der Waals surface area contributed by atoms with Gasteiger partial charge in [0.15, 0.2) is 18.1 Å². The van der Waals surface area contributed by atoms with Crippen LogP contribution in [0.1, 0.15) is 12.5 Å². The lowest BCUT2D eigenvalue weighted by molar-refractivity contribution is -0.130. The predicted octanol–water partition coefficient (Wildman–Crippen LogP) is 1.21. The van der Waals surface area contributed by atoms with Crippen LogP contribution in [0.15, 0.2) is 17.2 Å². The van der Waals surface area contributed by atoms with Gasteiger partial charge in [-0.25, -0.2) is 10.2 Å². The highest BCUT2D eigenvalue weighted by Gasteiger charge is 2.14. The first-order valence-corrected chi connectivity index (χ1v) is 7.10. The second kappa shape index (κ2) is 8.84. The van der Waals surface area contributed by atoms with Gasteiger partial charge in [0.2, 0.25) is 0 Å². The van der Waals surface area contributed by atoms with Gasteiger partial charge in [0.25, 0.3) is 5.91 Å².